The van der Waals surface area contributed by atoms with Crippen molar-refractivity contribution in [3.63, 3.8) is 0 Å². The molecule has 0 bridgehead atoms. The summed E-state index contributed by atoms with van der Waals surface area (Å²) in [5.74, 6) is -0.205. The van der Waals surface area contributed by atoms with Gasteiger partial charge in [-0.3, -0.25) is 9.10 Å². The Morgan fingerprint density at radius 2 is 1.53 bits per heavy atom. The summed E-state index contributed by atoms with van der Waals surface area (Å²) in [6, 6.07) is 22.5. The molecule has 0 aromatic heterocycles. The highest BCUT2D eigenvalue weighted by Crippen LogP contribution is 2.25. The first-order chi connectivity index (χ1) is 15.9. The number of sulfonamides is 1. The van der Waals surface area contributed by atoms with Gasteiger partial charge in [0.2, 0.25) is 10.0 Å². The first-order valence-corrected chi connectivity index (χ1v) is 13.2. The van der Waals surface area contributed by atoms with Gasteiger partial charge in [-0.15, -0.1) is 0 Å². The molecule has 0 heterocycles. The summed E-state index contributed by atoms with van der Waals surface area (Å²) in [6.45, 7) is 10.7. The quantitative estimate of drug-likeness (QED) is 0.470. The van der Waals surface area contributed by atoms with E-state index in [1.807, 2.05) is 50.2 Å². The highest BCUT2D eigenvalue weighted by molar-refractivity contribution is 7.92. The third kappa shape index (κ3) is 6.26. The maximum atomic E-state index is 12.8. The SMILES string of the molecule is Cc1ccccc1CN(c1ccc(C(=O)N[C@@H](C)c2ccc(C(C)(C)C)cc2)cc1)S(C)(=O)=O. The van der Waals surface area contributed by atoms with Crippen LogP contribution >= 0.6 is 0 Å². The van der Waals surface area contributed by atoms with E-state index < -0.39 is 10.0 Å². The monoisotopic (exact) mass is 478 g/mol. The molecular formula is C28H34N2O3S. The molecule has 0 aliphatic rings. The fourth-order valence-electron chi connectivity index (χ4n) is 3.76. The van der Waals surface area contributed by atoms with E-state index in [2.05, 4.69) is 38.2 Å². The van der Waals surface area contributed by atoms with Crippen LogP contribution in [0, 0.1) is 6.92 Å². The molecule has 0 saturated heterocycles. The number of nitrogens with zero attached hydrogens (tertiary/aromatic N) is 1. The summed E-state index contributed by atoms with van der Waals surface area (Å²) in [5.41, 5.74) is 5.30. The Kier molecular flexibility index (Phi) is 7.51. The first-order valence-electron chi connectivity index (χ1n) is 11.4. The number of benzene rings is 3. The van der Waals surface area contributed by atoms with Crippen molar-refractivity contribution in [2.75, 3.05) is 10.6 Å². The lowest BCUT2D eigenvalue weighted by atomic mass is 9.86. The Morgan fingerprint density at radius 3 is 2.06 bits per heavy atom. The number of rotatable bonds is 7. The molecule has 5 nitrogen and oxygen atoms in total. The molecule has 3 aromatic carbocycles. The molecule has 0 unspecified atom stereocenters. The van der Waals surface area contributed by atoms with E-state index in [9.17, 15) is 13.2 Å². The molecule has 3 rings (SSSR count). The van der Waals surface area contributed by atoms with E-state index in [-0.39, 0.29) is 23.9 Å². The summed E-state index contributed by atoms with van der Waals surface area (Å²) < 4.78 is 26.4. The van der Waals surface area contributed by atoms with Gasteiger partial charge in [-0.2, -0.15) is 0 Å². The smallest absolute Gasteiger partial charge is 0.251 e. The van der Waals surface area contributed by atoms with Crippen molar-refractivity contribution in [2.45, 2.75) is 52.6 Å². The fourth-order valence-corrected chi connectivity index (χ4v) is 4.63. The normalized spacial score (nSPS) is 12.8. The van der Waals surface area contributed by atoms with Gasteiger partial charge in [-0.05, 0) is 65.8 Å². The number of amides is 1. The van der Waals surface area contributed by atoms with Gasteiger partial charge in [0.1, 0.15) is 0 Å². The minimum Gasteiger partial charge on any atom is -0.346 e. The topological polar surface area (TPSA) is 66.5 Å². The van der Waals surface area contributed by atoms with Crippen LogP contribution in [0.3, 0.4) is 0 Å². The number of anilines is 1. The number of aryl methyl sites for hydroxylation is 1. The Bertz CT molecular complexity index is 1240. The molecule has 0 spiro atoms. The second-order valence-corrected chi connectivity index (χ2v) is 11.7. The maximum absolute atomic E-state index is 12.8. The number of carbonyl (C=O) groups is 1. The molecule has 3 aromatic rings. The number of nitrogens with one attached hydrogen (secondary N) is 1. The van der Waals surface area contributed by atoms with Crippen molar-refractivity contribution in [1.29, 1.82) is 0 Å². The van der Waals surface area contributed by atoms with Crippen LogP contribution in [0.5, 0.6) is 0 Å². The molecule has 0 saturated carbocycles. The van der Waals surface area contributed by atoms with E-state index in [1.165, 1.54) is 16.1 Å². The van der Waals surface area contributed by atoms with Crippen LogP contribution in [-0.2, 0) is 22.0 Å². The van der Waals surface area contributed by atoms with Crippen LogP contribution in [0.2, 0.25) is 0 Å². The van der Waals surface area contributed by atoms with Gasteiger partial charge in [0, 0.05) is 5.56 Å². The van der Waals surface area contributed by atoms with Crippen LogP contribution < -0.4 is 9.62 Å². The average Bonchev–Trinajstić information content (AvgIpc) is 2.77. The summed E-state index contributed by atoms with van der Waals surface area (Å²) in [7, 11) is -3.50. The lowest BCUT2D eigenvalue weighted by Crippen LogP contribution is -2.30. The van der Waals surface area contributed by atoms with Crippen LogP contribution in [-0.4, -0.2) is 20.6 Å². The van der Waals surface area contributed by atoms with Crippen molar-refractivity contribution in [2.24, 2.45) is 0 Å². The summed E-state index contributed by atoms with van der Waals surface area (Å²) in [4.78, 5) is 12.8. The van der Waals surface area contributed by atoms with Gasteiger partial charge in [0.15, 0.2) is 0 Å². The Morgan fingerprint density at radius 1 is 0.941 bits per heavy atom. The molecular weight excluding hydrogens is 444 g/mol. The van der Waals surface area contributed by atoms with E-state index in [0.717, 1.165) is 16.7 Å². The summed E-state index contributed by atoms with van der Waals surface area (Å²) in [6.07, 6.45) is 1.19. The largest absolute Gasteiger partial charge is 0.346 e. The second kappa shape index (κ2) is 10.0. The van der Waals surface area contributed by atoms with Gasteiger partial charge in [0.25, 0.3) is 5.91 Å². The van der Waals surface area contributed by atoms with E-state index in [1.54, 1.807) is 24.3 Å². The maximum Gasteiger partial charge on any atom is 0.251 e. The van der Waals surface area contributed by atoms with Gasteiger partial charge >= 0.3 is 0 Å². The van der Waals surface area contributed by atoms with Crippen molar-refractivity contribution < 1.29 is 13.2 Å². The average molecular weight is 479 g/mol. The molecule has 0 fully saturated rings. The van der Waals surface area contributed by atoms with Crippen molar-refractivity contribution >= 4 is 21.6 Å². The minimum absolute atomic E-state index is 0.0752. The molecule has 0 aliphatic heterocycles. The minimum atomic E-state index is -3.50. The van der Waals surface area contributed by atoms with Crippen molar-refractivity contribution in [3.8, 4) is 0 Å². The zero-order valence-corrected chi connectivity index (χ0v) is 21.6. The van der Waals surface area contributed by atoms with Gasteiger partial charge in [-0.25, -0.2) is 8.42 Å². The third-order valence-electron chi connectivity index (χ3n) is 6.02. The van der Waals surface area contributed by atoms with Gasteiger partial charge in [-0.1, -0.05) is 69.3 Å². The zero-order chi connectivity index (χ0) is 25.1. The summed E-state index contributed by atoms with van der Waals surface area (Å²) >= 11 is 0. The Balaban J connectivity index is 1.74. The van der Waals surface area contributed by atoms with Crippen LogP contribution in [0.15, 0.2) is 72.8 Å². The van der Waals surface area contributed by atoms with Gasteiger partial charge in [0.05, 0.1) is 24.5 Å². The zero-order valence-electron chi connectivity index (χ0n) is 20.8. The van der Waals surface area contributed by atoms with E-state index in [4.69, 9.17) is 0 Å². The first kappa shape index (κ1) is 25.5. The lowest BCUT2D eigenvalue weighted by Gasteiger charge is -2.24. The van der Waals surface area contributed by atoms with E-state index in [0.29, 0.717) is 11.3 Å². The molecule has 1 atom stereocenters. The van der Waals surface area contributed by atoms with Crippen LogP contribution in [0.1, 0.15) is 66.3 Å². The predicted molar refractivity (Wildman–Crippen MR) is 140 cm³/mol. The lowest BCUT2D eigenvalue weighted by molar-refractivity contribution is 0.0940. The van der Waals surface area contributed by atoms with Crippen LogP contribution in [0.25, 0.3) is 0 Å². The molecule has 0 radical (unpaired) electrons. The predicted octanol–water partition coefficient (Wildman–Crippen LogP) is 5.75. The molecule has 1 amide bonds. The Labute approximate surface area is 203 Å². The number of carbonyl (C=O) groups excluding carboxylic acids is 1. The second-order valence-electron chi connectivity index (χ2n) is 9.81. The third-order valence-corrected chi connectivity index (χ3v) is 7.16. The summed E-state index contributed by atoms with van der Waals surface area (Å²) in [5, 5.41) is 3.03. The number of hydrogen-bond donors (Lipinski definition) is 1. The standard InChI is InChI=1S/C28H34N2O3S/c1-20-9-7-8-10-24(20)19-30(34(6,32)33)26-17-13-23(14-18-26)27(31)29-21(2)22-11-15-25(16-12-22)28(3,4)5/h7-18,21H,19H2,1-6H3,(H,29,31)/t21-/m0/s1. The molecule has 34 heavy (non-hydrogen) atoms. The molecule has 180 valence electrons. The Hall–Kier alpha value is -3.12. The van der Waals surface area contributed by atoms with Crippen LogP contribution in [0.4, 0.5) is 5.69 Å². The molecule has 0 aliphatic carbocycles. The highest BCUT2D eigenvalue weighted by Gasteiger charge is 2.20. The fraction of sp³-hybridized carbons (Fsp3) is 0.321. The van der Waals surface area contributed by atoms with Crippen molar-refractivity contribution in [3.05, 3.63) is 101 Å². The van der Waals surface area contributed by atoms with Crippen molar-refractivity contribution in [1.82, 2.24) is 5.32 Å². The molecule has 1 N–H and O–H groups in total. The number of hydrogen-bond acceptors (Lipinski definition) is 3. The highest BCUT2D eigenvalue weighted by atomic mass is 32.2. The van der Waals surface area contributed by atoms with Gasteiger partial charge < -0.3 is 5.32 Å². The molecule has 6 heteroatoms. The van der Waals surface area contributed by atoms with E-state index >= 15 is 0 Å².